The molecular weight excluding hydrogens is 181 g/mol. The third kappa shape index (κ3) is 4.85. The van der Waals surface area contributed by atoms with Crippen LogP contribution in [-0.2, 0) is 13.6 Å². The largest absolute Gasteiger partial charge is 0.395 e. The molecule has 0 fully saturated rings. The molecule has 0 aromatic carbocycles. The topological polar surface area (TPSA) is 67.8 Å². The predicted octanol–water partition coefficient (Wildman–Crippen LogP) is 0.0542. The van der Waals surface area contributed by atoms with Gasteiger partial charge in [0.05, 0.1) is 12.8 Å². The molecule has 0 saturated heterocycles. The molecular formula is C6H16NO4P. The van der Waals surface area contributed by atoms with E-state index in [2.05, 4.69) is 5.32 Å². The van der Waals surface area contributed by atoms with Crippen molar-refractivity contribution < 1.29 is 18.7 Å². The highest BCUT2D eigenvalue weighted by molar-refractivity contribution is 7.53. The second-order valence-corrected chi connectivity index (χ2v) is 4.57. The maximum Gasteiger partial charge on any atom is 0.331 e. The zero-order valence-electron chi connectivity index (χ0n) is 7.45. The molecule has 0 aliphatic rings. The van der Waals surface area contributed by atoms with Crippen molar-refractivity contribution in [2.24, 2.45) is 0 Å². The van der Waals surface area contributed by atoms with Crippen LogP contribution >= 0.6 is 7.60 Å². The minimum absolute atomic E-state index is 0.0737. The Hall–Kier alpha value is 0.0700. The highest BCUT2D eigenvalue weighted by Crippen LogP contribution is 2.45. The number of nitrogens with one attached hydrogen (secondary N) is 1. The van der Waals surface area contributed by atoms with Crippen molar-refractivity contribution in [2.45, 2.75) is 0 Å². The van der Waals surface area contributed by atoms with Crippen LogP contribution in [0.1, 0.15) is 0 Å². The van der Waals surface area contributed by atoms with Gasteiger partial charge in [-0.05, 0) is 0 Å². The molecule has 0 amide bonds. The molecule has 12 heavy (non-hydrogen) atoms. The Morgan fingerprint density at radius 2 is 1.92 bits per heavy atom. The number of hydrogen-bond acceptors (Lipinski definition) is 5. The smallest absolute Gasteiger partial charge is 0.331 e. The number of hydrogen-bond donors (Lipinski definition) is 2. The van der Waals surface area contributed by atoms with E-state index in [1.54, 1.807) is 0 Å². The first-order valence-corrected chi connectivity index (χ1v) is 5.43. The van der Waals surface area contributed by atoms with Crippen molar-refractivity contribution in [1.29, 1.82) is 0 Å². The van der Waals surface area contributed by atoms with Gasteiger partial charge in [-0.25, -0.2) is 0 Å². The lowest BCUT2D eigenvalue weighted by Gasteiger charge is -2.13. The van der Waals surface area contributed by atoms with E-state index in [1.165, 1.54) is 14.2 Å². The Morgan fingerprint density at radius 3 is 2.33 bits per heavy atom. The fraction of sp³-hybridized carbons (Fsp3) is 1.00. The Balaban J connectivity index is 3.52. The van der Waals surface area contributed by atoms with Crippen molar-refractivity contribution in [2.75, 3.05) is 40.1 Å². The molecule has 0 saturated carbocycles. The highest BCUT2D eigenvalue weighted by atomic mass is 31.2. The molecule has 0 aliphatic carbocycles. The van der Waals surface area contributed by atoms with Gasteiger partial charge in [-0.1, -0.05) is 0 Å². The summed E-state index contributed by atoms with van der Waals surface area (Å²) in [4.78, 5) is 0. The molecule has 0 atom stereocenters. The lowest BCUT2D eigenvalue weighted by Crippen LogP contribution is -2.22. The fourth-order valence-corrected chi connectivity index (χ4v) is 1.62. The standard InChI is InChI=1S/C6H16NO4P/c1-10-12(9,11-2)6-4-7-3-5-8/h7-8H,3-6H2,1-2H3. The van der Waals surface area contributed by atoms with Gasteiger partial charge in [-0.2, -0.15) is 0 Å². The van der Waals surface area contributed by atoms with Crippen molar-refractivity contribution in [3.8, 4) is 0 Å². The molecule has 0 bridgehead atoms. The third-order valence-corrected chi connectivity index (χ3v) is 3.29. The monoisotopic (exact) mass is 197 g/mol. The molecule has 0 unspecified atom stereocenters. The number of aliphatic hydroxyl groups excluding tert-OH is 1. The molecule has 0 aromatic rings. The summed E-state index contributed by atoms with van der Waals surface area (Å²) < 4.78 is 20.8. The normalized spacial score (nSPS) is 11.9. The zero-order chi connectivity index (χ0) is 9.45. The van der Waals surface area contributed by atoms with E-state index in [1.807, 2.05) is 0 Å². The first-order chi connectivity index (χ1) is 5.68. The van der Waals surface area contributed by atoms with E-state index >= 15 is 0 Å². The summed E-state index contributed by atoms with van der Waals surface area (Å²) in [5, 5.41) is 11.3. The van der Waals surface area contributed by atoms with Crippen molar-refractivity contribution >= 4 is 7.60 Å². The van der Waals surface area contributed by atoms with Gasteiger partial charge in [0.2, 0.25) is 0 Å². The van der Waals surface area contributed by atoms with Crippen LogP contribution in [0.2, 0.25) is 0 Å². The molecule has 2 N–H and O–H groups in total. The van der Waals surface area contributed by atoms with Crippen LogP contribution in [0, 0.1) is 0 Å². The Labute approximate surface area is 72.6 Å². The minimum Gasteiger partial charge on any atom is -0.395 e. The fourth-order valence-electron chi connectivity index (χ4n) is 0.677. The SMILES string of the molecule is COP(=O)(CCNCCO)OC. The molecule has 0 aliphatic heterocycles. The van der Waals surface area contributed by atoms with Crippen LogP contribution < -0.4 is 5.32 Å². The minimum atomic E-state index is -2.87. The summed E-state index contributed by atoms with van der Waals surface area (Å²) in [7, 11) is -0.151. The third-order valence-electron chi connectivity index (χ3n) is 1.41. The molecule has 74 valence electrons. The molecule has 0 rings (SSSR count). The lowest BCUT2D eigenvalue weighted by atomic mass is 10.6. The van der Waals surface area contributed by atoms with Crippen LogP contribution in [0.4, 0.5) is 0 Å². The molecule has 0 aromatic heterocycles. The Kier molecular flexibility index (Phi) is 6.61. The zero-order valence-corrected chi connectivity index (χ0v) is 8.34. The molecule has 0 radical (unpaired) electrons. The lowest BCUT2D eigenvalue weighted by molar-refractivity contribution is 0.272. The van der Waals surface area contributed by atoms with Gasteiger partial charge >= 0.3 is 7.60 Å². The van der Waals surface area contributed by atoms with Crippen molar-refractivity contribution in [1.82, 2.24) is 5.32 Å². The van der Waals surface area contributed by atoms with E-state index in [-0.39, 0.29) is 6.61 Å². The first-order valence-electron chi connectivity index (χ1n) is 3.70. The number of rotatable bonds is 7. The van der Waals surface area contributed by atoms with E-state index in [0.717, 1.165) is 0 Å². The second-order valence-electron chi connectivity index (χ2n) is 2.17. The average molecular weight is 197 g/mol. The van der Waals surface area contributed by atoms with E-state index in [0.29, 0.717) is 19.3 Å². The van der Waals surface area contributed by atoms with Gasteiger partial charge < -0.3 is 19.5 Å². The number of aliphatic hydroxyl groups is 1. The summed E-state index contributed by atoms with van der Waals surface area (Å²) in [5.41, 5.74) is 0. The van der Waals surface area contributed by atoms with Crippen molar-refractivity contribution in [3.63, 3.8) is 0 Å². The van der Waals surface area contributed by atoms with Crippen LogP contribution in [0.15, 0.2) is 0 Å². The van der Waals surface area contributed by atoms with Gasteiger partial charge in [0, 0.05) is 27.3 Å². The van der Waals surface area contributed by atoms with Gasteiger partial charge in [-0.3, -0.25) is 4.57 Å². The van der Waals surface area contributed by atoms with Crippen LogP contribution in [-0.4, -0.2) is 45.2 Å². The maximum atomic E-state index is 11.4. The summed E-state index contributed by atoms with van der Waals surface area (Å²) in [6, 6.07) is 0. The molecule has 6 heteroatoms. The quantitative estimate of drug-likeness (QED) is 0.446. The average Bonchev–Trinajstić information content (AvgIpc) is 2.12. The van der Waals surface area contributed by atoms with Gasteiger partial charge in [0.25, 0.3) is 0 Å². The second kappa shape index (κ2) is 6.57. The summed E-state index contributed by atoms with van der Waals surface area (Å²) in [5.74, 6) is 0. The first kappa shape index (κ1) is 12.1. The molecule has 0 heterocycles. The molecule has 0 spiro atoms. The van der Waals surface area contributed by atoms with E-state index < -0.39 is 7.60 Å². The van der Waals surface area contributed by atoms with Crippen LogP contribution in [0.25, 0.3) is 0 Å². The Bertz CT molecular complexity index is 144. The van der Waals surface area contributed by atoms with Gasteiger partial charge in [0.15, 0.2) is 0 Å². The maximum absolute atomic E-state index is 11.4. The Morgan fingerprint density at radius 1 is 1.33 bits per heavy atom. The summed E-state index contributed by atoms with van der Waals surface area (Å²) in [6.07, 6.45) is 0.319. The van der Waals surface area contributed by atoms with Gasteiger partial charge in [-0.15, -0.1) is 0 Å². The van der Waals surface area contributed by atoms with E-state index in [9.17, 15) is 4.57 Å². The van der Waals surface area contributed by atoms with E-state index in [4.69, 9.17) is 14.2 Å². The summed E-state index contributed by atoms with van der Waals surface area (Å²) in [6.45, 7) is 1.08. The summed E-state index contributed by atoms with van der Waals surface area (Å²) >= 11 is 0. The highest BCUT2D eigenvalue weighted by Gasteiger charge is 2.19. The van der Waals surface area contributed by atoms with Crippen LogP contribution in [0.3, 0.4) is 0 Å². The molecule has 5 nitrogen and oxygen atoms in total. The van der Waals surface area contributed by atoms with Crippen molar-refractivity contribution in [3.05, 3.63) is 0 Å². The van der Waals surface area contributed by atoms with Crippen LogP contribution in [0.5, 0.6) is 0 Å². The van der Waals surface area contributed by atoms with Gasteiger partial charge in [0.1, 0.15) is 0 Å². The predicted molar refractivity (Wildman–Crippen MR) is 46.4 cm³/mol.